The van der Waals surface area contributed by atoms with Crippen LogP contribution >= 0.6 is 0 Å². The van der Waals surface area contributed by atoms with Gasteiger partial charge in [0.1, 0.15) is 11.4 Å². The van der Waals surface area contributed by atoms with Crippen LogP contribution in [-0.4, -0.2) is 23.9 Å². The number of nitrogens with zero attached hydrogens (tertiary/aromatic N) is 4. The molecule has 0 atom stereocenters. The van der Waals surface area contributed by atoms with Crippen LogP contribution in [0.4, 0.5) is 0 Å². The summed E-state index contributed by atoms with van der Waals surface area (Å²) >= 11 is 0. The average molecular weight is 943 g/mol. The van der Waals surface area contributed by atoms with E-state index in [1.807, 2.05) is 42.6 Å². The number of para-hydroxylation sites is 5. The number of phenols is 1. The quantitative estimate of drug-likeness (QED) is 0.109. The number of fused-ring (bicyclic) bond motifs is 14. The Morgan fingerprint density at radius 1 is 0.593 bits per heavy atom. The molecule has 5 heterocycles. The van der Waals surface area contributed by atoms with Gasteiger partial charge < -0.3 is 13.9 Å². The van der Waals surface area contributed by atoms with Crippen LogP contribution in [0.1, 0.15) is 26.3 Å². The van der Waals surface area contributed by atoms with E-state index in [9.17, 15) is 5.11 Å². The van der Waals surface area contributed by atoms with Crippen LogP contribution in [0, 0.1) is 6.07 Å². The third-order valence-corrected chi connectivity index (χ3v) is 11.8. The summed E-state index contributed by atoms with van der Waals surface area (Å²) in [7, 11) is 0. The number of rotatable bonds is 3. The molecule has 12 rings (SSSR count). The van der Waals surface area contributed by atoms with Gasteiger partial charge in [0.15, 0.2) is 11.2 Å². The first-order valence-corrected chi connectivity index (χ1v) is 19.6. The van der Waals surface area contributed by atoms with Gasteiger partial charge in [-0.25, -0.2) is 4.98 Å². The molecule has 0 bridgehead atoms. The Labute approximate surface area is 353 Å². The van der Waals surface area contributed by atoms with Crippen molar-refractivity contribution < 1.29 is 30.6 Å². The molecule has 12 aromatic rings. The minimum atomic E-state index is -0.141. The van der Waals surface area contributed by atoms with Gasteiger partial charge in [0, 0.05) is 60.6 Å². The zero-order valence-electron chi connectivity index (χ0n) is 32.4. The Kier molecular flexibility index (Phi) is 7.73. The van der Waals surface area contributed by atoms with Crippen molar-refractivity contribution in [1.82, 2.24) is 18.8 Å². The summed E-state index contributed by atoms with van der Waals surface area (Å²) in [6.07, 6.45) is 1.88. The first-order valence-electron chi connectivity index (χ1n) is 19.6. The number of imidazole rings is 1. The second-order valence-corrected chi connectivity index (χ2v) is 16.3. The molecule has 0 fully saturated rings. The predicted octanol–water partition coefficient (Wildman–Crippen LogP) is 13.3. The van der Waals surface area contributed by atoms with E-state index in [1.165, 1.54) is 5.56 Å². The molecule has 0 radical (unpaired) electrons. The summed E-state index contributed by atoms with van der Waals surface area (Å²) in [5, 5.41) is 17.1. The fraction of sp³-hybridized carbons (Fsp3) is 0.0769. The van der Waals surface area contributed by atoms with Crippen molar-refractivity contribution in [2.75, 3.05) is 0 Å². The van der Waals surface area contributed by atoms with Gasteiger partial charge in [-0.15, -0.1) is 29.3 Å². The molecule has 59 heavy (non-hydrogen) atoms. The molecule has 286 valence electrons. The summed E-state index contributed by atoms with van der Waals surface area (Å²) in [6, 6.07) is 53.9. The fourth-order valence-corrected chi connectivity index (χ4v) is 9.14. The van der Waals surface area contributed by atoms with Gasteiger partial charge in [-0.1, -0.05) is 123 Å². The SMILES string of the molecule is CC(C)(C)c1cc(-c2cc(-c3ccccc3)ccn2)[c-]c(-c2cccc3c2nc2c4c(O)cc5c(c6cccc7oc8ccccc8n5c76)c4c4ccccc4n32)c1.[Pt]. The molecule has 5 aromatic heterocycles. The van der Waals surface area contributed by atoms with E-state index in [4.69, 9.17) is 14.4 Å². The molecule has 0 spiro atoms. The van der Waals surface area contributed by atoms with Crippen LogP contribution in [0.5, 0.6) is 5.75 Å². The van der Waals surface area contributed by atoms with E-state index in [2.05, 4.69) is 145 Å². The van der Waals surface area contributed by atoms with Gasteiger partial charge in [-0.2, -0.15) is 0 Å². The van der Waals surface area contributed by atoms with Gasteiger partial charge in [-0.3, -0.25) is 9.38 Å². The Balaban J connectivity index is 0.00000397. The standard InChI is InChI=1S/C52H35N4O2.Pt/c1-52(2,3)34-26-32(25-33(27-34)38-28-31(23-24-53-38)30-13-5-4-6-14-30)35-16-11-20-41-49(35)54-51-48-43(57)29-42-46(47(48)36-15-7-8-18-39(36)56(41)51)37-17-12-22-45-50(37)55(42)40-19-9-10-21-44(40)58-45;/h4-24,26-29,57H,1-3H3;/q-1;. The normalized spacial score (nSPS) is 12.3. The van der Waals surface area contributed by atoms with Crippen LogP contribution in [-0.2, 0) is 26.5 Å². The minimum Gasteiger partial charge on any atom is -0.507 e. The Morgan fingerprint density at radius 2 is 1.31 bits per heavy atom. The largest absolute Gasteiger partial charge is 0.507 e. The van der Waals surface area contributed by atoms with E-state index in [1.54, 1.807) is 0 Å². The van der Waals surface area contributed by atoms with Crippen molar-refractivity contribution in [2.45, 2.75) is 26.2 Å². The van der Waals surface area contributed by atoms with Crippen LogP contribution in [0.3, 0.4) is 0 Å². The zero-order valence-corrected chi connectivity index (χ0v) is 34.7. The number of pyridine rings is 2. The maximum atomic E-state index is 12.3. The Bertz CT molecular complexity index is 3680. The molecule has 7 aromatic carbocycles. The topological polar surface area (TPSA) is 68.0 Å². The molecule has 0 saturated heterocycles. The average Bonchev–Trinajstić information content (AvgIpc) is 3.81. The number of phenolic OH excluding ortho intramolecular Hbond substituents is 1. The molecular weight excluding hydrogens is 908 g/mol. The molecule has 0 aliphatic heterocycles. The monoisotopic (exact) mass is 942 g/mol. The van der Waals surface area contributed by atoms with Crippen molar-refractivity contribution >= 4 is 76.8 Å². The first kappa shape index (κ1) is 35.4. The van der Waals surface area contributed by atoms with Gasteiger partial charge in [0.05, 0.1) is 38.5 Å². The van der Waals surface area contributed by atoms with E-state index < -0.39 is 0 Å². The van der Waals surface area contributed by atoms with E-state index in [-0.39, 0.29) is 32.2 Å². The molecule has 7 heteroatoms. The van der Waals surface area contributed by atoms with Crippen LogP contribution < -0.4 is 0 Å². The van der Waals surface area contributed by atoms with Crippen molar-refractivity contribution in [2.24, 2.45) is 0 Å². The van der Waals surface area contributed by atoms with Crippen molar-refractivity contribution in [3.05, 3.63) is 163 Å². The molecular formula is C52H35N4O2Pt-. The number of benzene rings is 7. The second-order valence-electron chi connectivity index (χ2n) is 16.3. The molecule has 1 N–H and O–H groups in total. The predicted molar refractivity (Wildman–Crippen MR) is 237 cm³/mol. The van der Waals surface area contributed by atoms with Gasteiger partial charge in [0.2, 0.25) is 0 Å². The Hall–Kier alpha value is -6.75. The zero-order chi connectivity index (χ0) is 38.9. The molecule has 0 aliphatic rings. The van der Waals surface area contributed by atoms with Gasteiger partial charge in [-0.05, 0) is 52.9 Å². The van der Waals surface area contributed by atoms with Crippen molar-refractivity contribution in [3.8, 4) is 39.3 Å². The Morgan fingerprint density at radius 3 is 2.15 bits per heavy atom. The third-order valence-electron chi connectivity index (χ3n) is 11.8. The summed E-state index contributed by atoms with van der Waals surface area (Å²) in [6.45, 7) is 6.72. The maximum absolute atomic E-state index is 12.3. The second kappa shape index (κ2) is 12.9. The number of aromatic hydroxyl groups is 1. The summed E-state index contributed by atoms with van der Waals surface area (Å²) in [5.74, 6) is 0.174. The fourth-order valence-electron chi connectivity index (χ4n) is 9.14. The number of aromatic nitrogens is 4. The summed E-state index contributed by atoms with van der Waals surface area (Å²) in [4.78, 5) is 10.4. The smallest absolute Gasteiger partial charge is 0.152 e. The molecule has 0 saturated carbocycles. The maximum Gasteiger partial charge on any atom is 0.152 e. The third kappa shape index (κ3) is 5.16. The van der Waals surface area contributed by atoms with Crippen LogP contribution in [0.15, 0.2) is 156 Å². The minimum absolute atomic E-state index is 0. The number of hydrogen-bond acceptors (Lipinski definition) is 4. The van der Waals surface area contributed by atoms with Crippen molar-refractivity contribution in [3.63, 3.8) is 0 Å². The number of hydrogen-bond donors (Lipinski definition) is 1. The van der Waals surface area contributed by atoms with Gasteiger partial charge >= 0.3 is 0 Å². The molecule has 6 nitrogen and oxygen atoms in total. The summed E-state index contributed by atoms with van der Waals surface area (Å²) < 4.78 is 10.9. The van der Waals surface area contributed by atoms with Crippen LogP contribution in [0.2, 0.25) is 0 Å². The molecule has 0 amide bonds. The van der Waals surface area contributed by atoms with Crippen molar-refractivity contribution in [1.29, 1.82) is 0 Å². The van der Waals surface area contributed by atoms with Gasteiger partial charge in [0.25, 0.3) is 0 Å². The molecule has 0 unspecified atom stereocenters. The molecule has 0 aliphatic carbocycles. The summed E-state index contributed by atoms with van der Waals surface area (Å²) in [5.41, 5.74) is 14.9. The van der Waals surface area contributed by atoms with E-state index >= 15 is 0 Å². The first-order chi connectivity index (χ1) is 28.3. The van der Waals surface area contributed by atoms with Crippen LogP contribution in [0.25, 0.3) is 110 Å². The van der Waals surface area contributed by atoms with E-state index in [0.717, 1.165) is 99.3 Å². The van der Waals surface area contributed by atoms with E-state index in [0.29, 0.717) is 11.0 Å².